The Balaban J connectivity index is 0.000000104. The molecule has 0 aliphatic carbocycles. The average molecular weight is 1710 g/mol. The molecule has 8 aliphatic rings. The van der Waals surface area contributed by atoms with Crippen LogP contribution in [0.4, 0.5) is 34.1 Å². The molecule has 33 nitrogen and oxygen atoms in total. The van der Waals surface area contributed by atoms with Crippen LogP contribution in [0.2, 0.25) is 0 Å². The van der Waals surface area contributed by atoms with E-state index >= 15 is 0 Å². The van der Waals surface area contributed by atoms with E-state index in [1.807, 2.05) is 151 Å². The molecule has 8 aromatic heterocycles. The lowest BCUT2D eigenvalue weighted by molar-refractivity contribution is 0.0771. The van der Waals surface area contributed by atoms with Crippen molar-refractivity contribution in [2.45, 2.75) is 34.6 Å². The zero-order valence-electron chi connectivity index (χ0n) is 70.8. The lowest BCUT2D eigenvalue weighted by Crippen LogP contribution is -2.34. The number of oxazole rings is 4. The normalized spacial score (nSPS) is 20.2. The first-order valence-electron chi connectivity index (χ1n) is 43.0. The van der Waals surface area contributed by atoms with E-state index in [1.165, 1.54) is 48.8 Å². The van der Waals surface area contributed by atoms with Crippen LogP contribution in [0.1, 0.15) is 69.2 Å². The highest BCUT2D eigenvalue weighted by Gasteiger charge is 2.48. The molecule has 4 amide bonds. The van der Waals surface area contributed by atoms with Crippen LogP contribution < -0.4 is 19.6 Å². The van der Waals surface area contributed by atoms with Crippen molar-refractivity contribution in [3.63, 3.8) is 0 Å². The summed E-state index contributed by atoms with van der Waals surface area (Å²) in [4.78, 5) is 97.8. The molecular weight excluding hydrogens is 1630 g/mol. The minimum Gasteiger partial charge on any atom is -0.424 e. The van der Waals surface area contributed by atoms with Gasteiger partial charge < -0.3 is 56.9 Å². The van der Waals surface area contributed by atoms with Crippen LogP contribution in [0, 0.1) is 94.4 Å². The summed E-state index contributed by atoms with van der Waals surface area (Å²) in [5, 5.41) is 33.4. The van der Waals surface area contributed by atoms with E-state index in [2.05, 4.69) is 94.0 Å². The van der Waals surface area contributed by atoms with Gasteiger partial charge in [0.25, 0.3) is 47.7 Å². The summed E-state index contributed by atoms with van der Waals surface area (Å²) in [6.45, 7) is 29.3. The standard InChI is InChI=1S/C24H21N7O2.C24H24N6O2.C23H21FN6O2.C23H22N6O2/c1-15-3-5-21(31-26-7-8-27-31)19(9-15)23(32)29-11-16-13-30(14-17(16)12-29)24-28-20-10-18(25-2)4-6-22(20)33-24;1-15-3-5-21(30-25-7-8-26-30)19(9-15)23(31)28-11-17-13-29(14-18(17)12-28)24-27-20-10-16(2)4-6-22(20)32-24;1-14-5-6-20-18(9-14)27-23(32-20)29-12-15-10-28(11-16(15)13-29)22(31)21-17(24)3-2-4-19(21)30-25-7-8-26-30;1-15-6-7-21-19(10-15)26-23(31-21)28-13-16-11-27(12-17(16)14-28)22(30)18-4-2-3-5-20(18)29-24-8-9-25-29/h3-10,16-17H,11-14H2,1H3;3-10,17-18H,11-14H2,1-2H3;2-9,15-16H,10-13H2,1H3;2-10,16-17H,11-14H2,1H3. The number of aromatic nitrogens is 16. The second kappa shape index (κ2) is 33.0. The molecular formula is C94H88FN25O8. The summed E-state index contributed by atoms with van der Waals surface area (Å²) in [5.74, 6) is 2.13. The number of hydrogen-bond acceptors (Lipinski definition) is 24. The molecule has 0 bridgehead atoms. The first-order chi connectivity index (χ1) is 62.3. The van der Waals surface area contributed by atoms with Crippen molar-refractivity contribution in [2.24, 2.45) is 47.3 Å². The van der Waals surface area contributed by atoms with E-state index in [1.54, 1.807) is 72.4 Å². The Morgan fingerprint density at radius 2 is 0.594 bits per heavy atom. The van der Waals surface area contributed by atoms with Gasteiger partial charge in [-0.25, -0.2) is 9.24 Å². The number of carbonyl (C=O) groups excluding carboxylic acids is 4. The fourth-order valence-corrected chi connectivity index (χ4v) is 19.6. The van der Waals surface area contributed by atoms with Crippen LogP contribution in [-0.4, -0.2) is 228 Å². The van der Waals surface area contributed by atoms with Crippen molar-refractivity contribution in [2.75, 3.05) is 124 Å². The molecule has 128 heavy (non-hydrogen) atoms. The average Bonchev–Trinajstić information content (AvgIpc) is 1.63. The van der Waals surface area contributed by atoms with Crippen LogP contribution in [0.5, 0.6) is 0 Å². The Morgan fingerprint density at radius 1 is 0.312 bits per heavy atom. The molecule has 16 aromatic rings. The van der Waals surface area contributed by atoms with Crippen LogP contribution in [-0.2, 0) is 0 Å². The summed E-state index contributed by atoms with van der Waals surface area (Å²) in [5.41, 5.74) is 16.9. The summed E-state index contributed by atoms with van der Waals surface area (Å²) < 4.78 is 38.6. The van der Waals surface area contributed by atoms with Crippen molar-refractivity contribution >= 4 is 97.8 Å². The number of halogens is 1. The molecule has 16 heterocycles. The zero-order chi connectivity index (χ0) is 87.1. The number of carbonyl (C=O) groups is 4. The minimum absolute atomic E-state index is 0.00912. The molecule has 8 unspecified atom stereocenters. The number of rotatable bonds is 12. The first-order valence-corrected chi connectivity index (χ1v) is 43.0. The largest absolute Gasteiger partial charge is 0.424 e. The number of anilines is 4. The van der Waals surface area contributed by atoms with Gasteiger partial charge in [-0.05, 0) is 148 Å². The molecule has 0 N–H and O–H groups in total. The van der Waals surface area contributed by atoms with Gasteiger partial charge in [-0.15, -0.1) is 0 Å². The van der Waals surface area contributed by atoms with Gasteiger partial charge >= 0.3 is 0 Å². The number of amides is 4. The Bertz CT molecular complexity index is 6880. The predicted octanol–water partition coefficient (Wildman–Crippen LogP) is 12.7. The van der Waals surface area contributed by atoms with Crippen molar-refractivity contribution in [1.82, 2.24) is 99.5 Å². The van der Waals surface area contributed by atoms with Gasteiger partial charge in [-0.1, -0.05) is 65.7 Å². The number of hydrogen-bond donors (Lipinski definition) is 0. The minimum atomic E-state index is -0.565. The van der Waals surface area contributed by atoms with Crippen molar-refractivity contribution in [3.8, 4) is 22.7 Å². The first kappa shape index (κ1) is 79.9. The number of likely N-dealkylation sites (tertiary alicyclic amines) is 4. The Labute approximate surface area is 732 Å². The quantitative estimate of drug-likeness (QED) is 0.103. The molecule has 0 radical (unpaired) electrons. The highest BCUT2D eigenvalue weighted by Crippen LogP contribution is 2.42. The second-order valence-electron chi connectivity index (χ2n) is 34.7. The van der Waals surface area contributed by atoms with E-state index in [0.29, 0.717) is 142 Å². The number of benzene rings is 8. The van der Waals surface area contributed by atoms with Gasteiger partial charge in [0.15, 0.2) is 28.0 Å². The maximum atomic E-state index is 14.7. The van der Waals surface area contributed by atoms with Crippen molar-refractivity contribution in [3.05, 3.63) is 269 Å². The number of fused-ring (bicyclic) bond motifs is 8. The van der Waals surface area contributed by atoms with Gasteiger partial charge in [0.2, 0.25) is 0 Å². The Hall–Kier alpha value is -15.3. The fraction of sp³-hybridized carbons (Fsp3) is 0.309. The number of nitrogens with zero attached hydrogens (tertiary/aromatic N) is 25. The van der Waals surface area contributed by atoms with Crippen LogP contribution in [0.15, 0.2) is 219 Å². The molecule has 0 saturated carbocycles. The molecule has 644 valence electrons. The SMILES string of the molecule is Cc1ccc(-n2nccn2)c(C(=O)N2CC3CN(c4nc5cc(C)ccc5o4)CC3C2)c1.Cc1ccc2oc(N3CC4CN(C(=O)c5c(F)cccc5-n5nccn5)CC4C3)nc2c1.Cc1ccc2oc(N3CC4CN(C(=O)c5ccccc5-n5nccn5)CC4C3)nc2c1.[C-]#[N+]c1ccc2oc(N3CC4CN(C(=O)c5cc(C)ccc5-n5nccn5)CC4C3)nc2c1. The maximum absolute atomic E-state index is 14.7. The number of aryl methyl sites for hydroxylation is 5. The summed E-state index contributed by atoms with van der Waals surface area (Å²) >= 11 is 0. The van der Waals surface area contributed by atoms with Gasteiger partial charge in [-0.2, -0.15) is 79.9 Å². The third-order valence-electron chi connectivity index (χ3n) is 25.9. The van der Waals surface area contributed by atoms with Crippen molar-refractivity contribution < 1.29 is 41.2 Å². The van der Waals surface area contributed by atoms with Crippen LogP contribution >= 0.6 is 0 Å². The molecule has 8 saturated heterocycles. The Morgan fingerprint density at radius 3 is 0.945 bits per heavy atom. The van der Waals surface area contributed by atoms with Gasteiger partial charge in [0.05, 0.1) is 89.9 Å². The lowest BCUT2D eigenvalue weighted by atomic mass is 10.0. The maximum Gasteiger partial charge on any atom is 0.298 e. The monoisotopic (exact) mass is 1710 g/mol. The van der Waals surface area contributed by atoms with Crippen LogP contribution in [0.25, 0.3) is 72.0 Å². The van der Waals surface area contributed by atoms with E-state index in [-0.39, 0.29) is 41.0 Å². The van der Waals surface area contributed by atoms with E-state index < -0.39 is 5.82 Å². The van der Waals surface area contributed by atoms with E-state index in [0.717, 1.165) is 129 Å². The smallest absolute Gasteiger partial charge is 0.298 e. The fourth-order valence-electron chi connectivity index (χ4n) is 19.6. The predicted molar refractivity (Wildman–Crippen MR) is 472 cm³/mol. The summed E-state index contributed by atoms with van der Waals surface area (Å²) in [6.07, 6.45) is 12.7. The highest BCUT2D eigenvalue weighted by atomic mass is 19.1. The molecule has 8 aromatic carbocycles. The highest BCUT2D eigenvalue weighted by molar-refractivity contribution is 6.00. The molecule has 8 atom stereocenters. The topological polar surface area (TPSA) is 326 Å². The van der Waals surface area contributed by atoms with Crippen molar-refractivity contribution in [1.29, 1.82) is 0 Å². The summed E-state index contributed by atoms with van der Waals surface area (Å²) in [6, 6.07) is 49.6. The van der Waals surface area contributed by atoms with Crippen LogP contribution in [0.3, 0.4) is 0 Å². The van der Waals surface area contributed by atoms with E-state index in [9.17, 15) is 23.6 Å². The van der Waals surface area contributed by atoms with Gasteiger partial charge in [-0.3, -0.25) is 19.2 Å². The Kier molecular flexibility index (Phi) is 20.6. The molecule has 34 heteroatoms. The molecule has 0 spiro atoms. The molecule has 24 rings (SSSR count). The number of para-hydroxylation sites is 1. The second-order valence-corrected chi connectivity index (χ2v) is 34.7. The van der Waals surface area contributed by atoms with E-state index in [4.69, 9.17) is 29.2 Å². The van der Waals surface area contributed by atoms with Gasteiger partial charge in [0, 0.05) is 152 Å². The van der Waals surface area contributed by atoms with Gasteiger partial charge in [0.1, 0.15) is 39.1 Å². The third-order valence-corrected chi connectivity index (χ3v) is 25.9. The summed E-state index contributed by atoms with van der Waals surface area (Å²) in [7, 11) is 0. The molecule has 8 aliphatic heterocycles. The lowest BCUT2D eigenvalue weighted by Gasteiger charge is -2.22. The third kappa shape index (κ3) is 15.4. The molecule has 8 fully saturated rings. The zero-order valence-corrected chi connectivity index (χ0v) is 70.8.